The molecule has 108 valence electrons. The van der Waals surface area contributed by atoms with E-state index in [1.165, 1.54) is 0 Å². The number of amides is 1. The molecule has 1 amide bonds. The third kappa shape index (κ3) is 2.94. The van der Waals surface area contributed by atoms with E-state index < -0.39 is 0 Å². The number of nitrogens with one attached hydrogen (secondary N) is 1. The molecule has 20 heavy (non-hydrogen) atoms. The summed E-state index contributed by atoms with van der Waals surface area (Å²) in [5.74, 6) is 1.29. The Morgan fingerprint density at radius 1 is 1.45 bits per heavy atom. The topological polar surface area (TPSA) is 73.6 Å². The fourth-order valence-electron chi connectivity index (χ4n) is 2.67. The van der Waals surface area contributed by atoms with Crippen LogP contribution >= 0.6 is 0 Å². The van der Waals surface area contributed by atoms with Crippen molar-refractivity contribution in [1.82, 2.24) is 0 Å². The van der Waals surface area contributed by atoms with Gasteiger partial charge in [-0.05, 0) is 36.6 Å². The van der Waals surface area contributed by atoms with Crippen LogP contribution in [0.25, 0.3) is 0 Å². The third-order valence-electron chi connectivity index (χ3n) is 3.99. The number of nitrogens with two attached hydrogens (primary N) is 1. The molecule has 0 spiro atoms. The van der Waals surface area contributed by atoms with Crippen molar-refractivity contribution >= 4 is 11.6 Å². The summed E-state index contributed by atoms with van der Waals surface area (Å²) in [6.45, 7) is 2.04. The van der Waals surface area contributed by atoms with Gasteiger partial charge in [-0.2, -0.15) is 0 Å². The predicted octanol–water partition coefficient (Wildman–Crippen LogP) is 1.31. The van der Waals surface area contributed by atoms with Gasteiger partial charge in [0.25, 0.3) is 0 Å². The van der Waals surface area contributed by atoms with Crippen LogP contribution in [-0.2, 0) is 16.0 Å². The molecule has 1 fully saturated rings. The summed E-state index contributed by atoms with van der Waals surface area (Å²) in [6.07, 6.45) is 2.32. The summed E-state index contributed by atoms with van der Waals surface area (Å²) < 4.78 is 11.1. The molecule has 2 aliphatic heterocycles. The van der Waals surface area contributed by atoms with Crippen LogP contribution in [0.1, 0.15) is 18.4 Å². The van der Waals surface area contributed by atoms with Gasteiger partial charge in [-0.1, -0.05) is 0 Å². The highest BCUT2D eigenvalue weighted by molar-refractivity contribution is 5.93. The molecule has 1 saturated heterocycles. The molecule has 1 aromatic carbocycles. The van der Waals surface area contributed by atoms with Crippen molar-refractivity contribution in [2.24, 2.45) is 11.7 Å². The van der Waals surface area contributed by atoms with E-state index >= 15 is 0 Å². The number of anilines is 1. The Balaban J connectivity index is 1.59. The first kappa shape index (κ1) is 13.4. The number of benzene rings is 1. The van der Waals surface area contributed by atoms with Gasteiger partial charge in [-0.15, -0.1) is 0 Å². The molecule has 3 rings (SSSR count). The third-order valence-corrected chi connectivity index (χ3v) is 3.99. The largest absolute Gasteiger partial charge is 0.492 e. The Kier molecular flexibility index (Phi) is 3.89. The number of hydrogen-bond donors (Lipinski definition) is 2. The van der Waals surface area contributed by atoms with Gasteiger partial charge in [0.15, 0.2) is 0 Å². The Morgan fingerprint density at radius 3 is 3.15 bits per heavy atom. The van der Waals surface area contributed by atoms with Crippen molar-refractivity contribution in [2.75, 3.05) is 25.1 Å². The summed E-state index contributed by atoms with van der Waals surface area (Å²) in [5, 5.41) is 2.86. The lowest BCUT2D eigenvalue weighted by molar-refractivity contribution is -0.116. The Hall–Kier alpha value is -1.59. The van der Waals surface area contributed by atoms with Gasteiger partial charge in [-0.25, -0.2) is 0 Å². The zero-order valence-corrected chi connectivity index (χ0v) is 11.4. The maximum atomic E-state index is 11.3. The molecule has 5 heteroatoms. The van der Waals surface area contributed by atoms with E-state index in [9.17, 15) is 4.79 Å². The Labute approximate surface area is 118 Å². The highest BCUT2D eigenvalue weighted by Gasteiger charge is 2.23. The number of ether oxygens (including phenoxy) is 2. The van der Waals surface area contributed by atoms with Gasteiger partial charge in [-0.3, -0.25) is 4.79 Å². The van der Waals surface area contributed by atoms with E-state index in [1.807, 2.05) is 18.2 Å². The molecule has 0 aliphatic carbocycles. The molecule has 0 aromatic heterocycles. The highest BCUT2D eigenvalue weighted by Crippen LogP contribution is 2.27. The molecule has 0 saturated carbocycles. The Morgan fingerprint density at radius 2 is 2.35 bits per heavy atom. The number of rotatable bonds is 4. The summed E-state index contributed by atoms with van der Waals surface area (Å²) in [4.78, 5) is 11.3. The quantitative estimate of drug-likeness (QED) is 0.869. The van der Waals surface area contributed by atoms with E-state index in [2.05, 4.69) is 5.32 Å². The van der Waals surface area contributed by atoms with E-state index in [0.717, 1.165) is 43.1 Å². The first-order valence-electron chi connectivity index (χ1n) is 7.11. The summed E-state index contributed by atoms with van der Waals surface area (Å²) in [7, 11) is 0. The second-order valence-corrected chi connectivity index (χ2v) is 5.47. The van der Waals surface area contributed by atoms with E-state index in [-0.39, 0.29) is 11.9 Å². The molecule has 2 heterocycles. The van der Waals surface area contributed by atoms with Crippen LogP contribution in [-0.4, -0.2) is 31.8 Å². The fourth-order valence-corrected chi connectivity index (χ4v) is 2.67. The van der Waals surface area contributed by atoms with Crippen LogP contribution in [0.4, 0.5) is 5.69 Å². The number of hydrogen-bond acceptors (Lipinski definition) is 4. The minimum Gasteiger partial charge on any atom is -0.492 e. The minimum absolute atomic E-state index is 0.00763. The van der Waals surface area contributed by atoms with Crippen LogP contribution in [0.2, 0.25) is 0 Å². The zero-order chi connectivity index (χ0) is 13.9. The molecule has 1 aromatic rings. The average Bonchev–Trinajstić information content (AvgIpc) is 2.99. The molecular weight excluding hydrogens is 256 g/mol. The summed E-state index contributed by atoms with van der Waals surface area (Å²) >= 11 is 0. The summed E-state index contributed by atoms with van der Waals surface area (Å²) in [6, 6.07) is 5.77. The van der Waals surface area contributed by atoms with Gasteiger partial charge in [0.05, 0.1) is 6.61 Å². The van der Waals surface area contributed by atoms with E-state index in [0.29, 0.717) is 18.9 Å². The van der Waals surface area contributed by atoms with Crippen molar-refractivity contribution in [3.8, 4) is 5.75 Å². The van der Waals surface area contributed by atoms with Gasteiger partial charge < -0.3 is 20.5 Å². The number of carbonyl (C=O) groups is 1. The maximum absolute atomic E-state index is 11.3. The van der Waals surface area contributed by atoms with Gasteiger partial charge in [0.1, 0.15) is 12.4 Å². The van der Waals surface area contributed by atoms with Crippen molar-refractivity contribution in [2.45, 2.75) is 25.3 Å². The lowest BCUT2D eigenvalue weighted by Crippen LogP contribution is -2.36. The summed E-state index contributed by atoms with van der Waals surface area (Å²) in [5.41, 5.74) is 8.14. The number of aryl methyl sites for hydroxylation is 1. The molecule has 2 aliphatic rings. The van der Waals surface area contributed by atoms with Crippen molar-refractivity contribution in [1.29, 1.82) is 0 Å². The van der Waals surface area contributed by atoms with Crippen molar-refractivity contribution in [3.63, 3.8) is 0 Å². The highest BCUT2D eigenvalue weighted by atomic mass is 16.5. The molecule has 0 radical (unpaired) electrons. The smallest absolute Gasteiger partial charge is 0.224 e. The predicted molar refractivity (Wildman–Crippen MR) is 75.8 cm³/mol. The monoisotopic (exact) mass is 276 g/mol. The first-order valence-corrected chi connectivity index (χ1v) is 7.11. The standard InChI is InChI=1S/C15H20N2O3/c16-13(11-5-6-19-8-11)9-20-12-2-3-14-10(7-12)1-4-15(18)17-14/h2-3,7,11,13H,1,4-6,8-9,16H2,(H,17,18). The molecule has 2 unspecified atom stereocenters. The lowest BCUT2D eigenvalue weighted by atomic mass is 10.0. The second kappa shape index (κ2) is 5.81. The SMILES string of the molecule is NC(COc1ccc2c(c1)CCC(=O)N2)C1CCOC1. The molecular formula is C15H20N2O3. The van der Waals surface area contributed by atoms with Crippen LogP contribution in [0.15, 0.2) is 18.2 Å². The Bertz CT molecular complexity index is 498. The fraction of sp³-hybridized carbons (Fsp3) is 0.533. The number of carbonyl (C=O) groups excluding carboxylic acids is 1. The minimum atomic E-state index is 0.00763. The van der Waals surface area contributed by atoms with Crippen molar-refractivity contribution < 1.29 is 14.3 Å². The average molecular weight is 276 g/mol. The van der Waals surface area contributed by atoms with Gasteiger partial charge in [0.2, 0.25) is 5.91 Å². The number of fused-ring (bicyclic) bond motifs is 1. The molecule has 5 nitrogen and oxygen atoms in total. The zero-order valence-electron chi connectivity index (χ0n) is 11.4. The molecule has 0 bridgehead atoms. The second-order valence-electron chi connectivity index (χ2n) is 5.47. The molecule has 2 atom stereocenters. The van der Waals surface area contributed by atoms with Crippen LogP contribution in [0.3, 0.4) is 0 Å². The van der Waals surface area contributed by atoms with Crippen LogP contribution in [0, 0.1) is 5.92 Å². The van der Waals surface area contributed by atoms with Gasteiger partial charge in [0, 0.05) is 30.7 Å². The maximum Gasteiger partial charge on any atom is 0.224 e. The normalized spacial score (nSPS) is 23.1. The van der Waals surface area contributed by atoms with Gasteiger partial charge >= 0.3 is 0 Å². The van der Waals surface area contributed by atoms with Crippen molar-refractivity contribution in [3.05, 3.63) is 23.8 Å². The van der Waals surface area contributed by atoms with E-state index in [1.54, 1.807) is 0 Å². The lowest BCUT2D eigenvalue weighted by Gasteiger charge is -2.20. The van der Waals surface area contributed by atoms with Crippen LogP contribution < -0.4 is 15.8 Å². The molecule has 3 N–H and O–H groups in total. The van der Waals surface area contributed by atoms with Crippen LogP contribution in [0.5, 0.6) is 5.75 Å². The first-order chi connectivity index (χ1) is 9.72. The van der Waals surface area contributed by atoms with E-state index in [4.69, 9.17) is 15.2 Å².